The number of aromatic nitrogens is 1. The van der Waals surface area contributed by atoms with E-state index in [0.29, 0.717) is 21.7 Å². The summed E-state index contributed by atoms with van der Waals surface area (Å²) in [6, 6.07) is 13.4. The van der Waals surface area contributed by atoms with Gasteiger partial charge < -0.3 is 21.4 Å². The second kappa shape index (κ2) is 10.8. The van der Waals surface area contributed by atoms with Crippen molar-refractivity contribution in [2.24, 2.45) is 5.73 Å². The maximum atomic E-state index is 12.9. The van der Waals surface area contributed by atoms with E-state index in [4.69, 9.17) is 17.3 Å². The molecule has 3 rings (SSSR count). The summed E-state index contributed by atoms with van der Waals surface area (Å²) < 4.78 is 0. The van der Waals surface area contributed by atoms with Gasteiger partial charge in [-0.2, -0.15) is 0 Å². The summed E-state index contributed by atoms with van der Waals surface area (Å²) in [5, 5.41) is 6.14. The van der Waals surface area contributed by atoms with Crippen LogP contribution in [0.3, 0.4) is 0 Å². The fraction of sp³-hybridized carbons (Fsp3) is 0.182. The van der Waals surface area contributed by atoms with Gasteiger partial charge in [-0.25, -0.2) is 4.79 Å². The molecular formula is C22H21ClN4O4S. The number of amides is 3. The van der Waals surface area contributed by atoms with Crippen LogP contribution in [-0.4, -0.2) is 40.4 Å². The number of H-pyrrole nitrogens is 1. The number of nitrogens with two attached hydrogens (primary N) is 1. The quantitative estimate of drug-likeness (QED) is 0.373. The highest BCUT2D eigenvalue weighted by Gasteiger charge is 2.23. The van der Waals surface area contributed by atoms with Gasteiger partial charge in [0.1, 0.15) is 6.04 Å². The van der Waals surface area contributed by atoms with E-state index in [1.165, 1.54) is 6.07 Å². The molecule has 0 bridgehead atoms. The number of carbonyl (C=O) groups is 3. The van der Waals surface area contributed by atoms with E-state index < -0.39 is 18.0 Å². The van der Waals surface area contributed by atoms with Crippen LogP contribution in [-0.2, 0) is 11.2 Å². The molecule has 1 aromatic heterocycles. The number of carbonyl (C=O) groups excluding carboxylic acids is 3. The zero-order valence-corrected chi connectivity index (χ0v) is 18.5. The molecule has 3 amide bonds. The molecule has 0 aliphatic carbocycles. The normalized spacial score (nSPS) is 11.7. The molecule has 166 valence electrons. The van der Waals surface area contributed by atoms with Gasteiger partial charge in [0.05, 0.1) is 0 Å². The monoisotopic (exact) mass is 472 g/mol. The number of hydrogen-bond acceptors (Lipinski definition) is 5. The highest BCUT2D eigenvalue weighted by Crippen LogP contribution is 2.19. The fourth-order valence-corrected chi connectivity index (χ4v) is 4.00. The molecule has 1 heterocycles. The summed E-state index contributed by atoms with van der Waals surface area (Å²) >= 11 is 6.85. The number of nitrogens with one attached hydrogen (secondary N) is 3. The van der Waals surface area contributed by atoms with Gasteiger partial charge in [-0.15, -0.1) is 0 Å². The second-order valence-corrected chi connectivity index (χ2v) is 8.44. The Bertz CT molecular complexity index is 1200. The Balaban J connectivity index is 1.84. The number of para-hydroxylation sites is 1. The first-order valence-corrected chi connectivity index (χ1v) is 11.1. The summed E-state index contributed by atoms with van der Waals surface area (Å²) in [6.07, 6.45) is 0.124. The van der Waals surface area contributed by atoms with Gasteiger partial charge >= 0.3 is 6.03 Å². The number of aromatic amines is 1. The first-order chi connectivity index (χ1) is 15.3. The molecule has 0 fully saturated rings. The van der Waals surface area contributed by atoms with E-state index in [9.17, 15) is 19.2 Å². The Hall–Kier alpha value is -3.30. The van der Waals surface area contributed by atoms with Crippen LogP contribution in [0.1, 0.15) is 15.9 Å². The third-order valence-corrected chi connectivity index (χ3v) is 5.83. The molecule has 8 nitrogen and oxygen atoms in total. The molecule has 1 unspecified atom stereocenters. The van der Waals surface area contributed by atoms with Crippen LogP contribution >= 0.6 is 23.4 Å². The van der Waals surface area contributed by atoms with Crippen LogP contribution in [0, 0.1) is 0 Å². The lowest BCUT2D eigenvalue weighted by Crippen LogP contribution is -2.42. The predicted octanol–water partition coefficient (Wildman–Crippen LogP) is 2.45. The Morgan fingerprint density at radius 1 is 1.09 bits per heavy atom. The highest BCUT2D eigenvalue weighted by atomic mass is 35.5. The van der Waals surface area contributed by atoms with Gasteiger partial charge in [0.25, 0.3) is 5.91 Å². The van der Waals surface area contributed by atoms with Gasteiger partial charge in [-0.1, -0.05) is 41.6 Å². The molecule has 3 aromatic rings. The van der Waals surface area contributed by atoms with E-state index in [1.54, 1.807) is 36.4 Å². The first kappa shape index (κ1) is 23.4. The van der Waals surface area contributed by atoms with Crippen molar-refractivity contribution in [2.45, 2.75) is 12.5 Å². The largest absolute Gasteiger partial charge is 0.352 e. The number of urea groups is 1. The van der Waals surface area contributed by atoms with E-state index in [-0.39, 0.29) is 29.4 Å². The number of hydrogen-bond donors (Lipinski definition) is 4. The topological polar surface area (TPSA) is 134 Å². The predicted molar refractivity (Wildman–Crippen MR) is 126 cm³/mol. The number of primary amides is 1. The summed E-state index contributed by atoms with van der Waals surface area (Å²) in [5.74, 6) is -0.157. The second-order valence-electron chi connectivity index (χ2n) is 6.90. The fourth-order valence-electron chi connectivity index (χ4n) is 3.13. The van der Waals surface area contributed by atoms with Gasteiger partial charge in [-0.3, -0.25) is 14.4 Å². The summed E-state index contributed by atoms with van der Waals surface area (Å²) in [6.45, 7) is 0.206. The van der Waals surface area contributed by atoms with Crippen LogP contribution in [0.25, 0.3) is 10.9 Å². The average Bonchev–Trinajstić information content (AvgIpc) is 2.76. The van der Waals surface area contributed by atoms with Crippen molar-refractivity contribution < 1.29 is 14.4 Å². The minimum atomic E-state index is -0.901. The maximum absolute atomic E-state index is 12.9. The molecule has 5 N–H and O–H groups in total. The SMILES string of the molecule is NC(=O)NCCSC(=O)C(Cc1cc(=O)[nH]c2ccccc12)NC(=O)c1ccc(Cl)cc1. The molecule has 32 heavy (non-hydrogen) atoms. The Morgan fingerprint density at radius 3 is 2.53 bits per heavy atom. The Kier molecular flexibility index (Phi) is 7.91. The van der Waals surface area contributed by atoms with Crippen molar-refractivity contribution in [1.29, 1.82) is 0 Å². The lowest BCUT2D eigenvalue weighted by Gasteiger charge is -2.18. The van der Waals surface area contributed by atoms with Crippen LogP contribution in [0.2, 0.25) is 5.02 Å². The average molecular weight is 473 g/mol. The minimum absolute atomic E-state index is 0.124. The van der Waals surface area contributed by atoms with Crippen LogP contribution in [0.5, 0.6) is 0 Å². The van der Waals surface area contributed by atoms with Crippen LogP contribution in [0.4, 0.5) is 4.79 Å². The number of fused-ring (bicyclic) bond motifs is 1. The van der Waals surface area contributed by atoms with Crippen LogP contribution in [0.15, 0.2) is 59.4 Å². The van der Waals surface area contributed by atoms with E-state index in [0.717, 1.165) is 17.1 Å². The van der Waals surface area contributed by atoms with E-state index in [2.05, 4.69) is 15.6 Å². The third kappa shape index (κ3) is 6.35. The van der Waals surface area contributed by atoms with Crippen molar-refractivity contribution in [3.05, 3.63) is 81.1 Å². The van der Waals surface area contributed by atoms with Crippen molar-refractivity contribution in [1.82, 2.24) is 15.6 Å². The van der Waals surface area contributed by atoms with Gasteiger partial charge in [-0.05, 0) is 35.9 Å². The zero-order valence-electron chi connectivity index (χ0n) is 16.9. The molecule has 0 saturated heterocycles. The van der Waals surface area contributed by atoms with Gasteiger partial charge in [0.2, 0.25) is 10.7 Å². The van der Waals surface area contributed by atoms with E-state index in [1.807, 2.05) is 12.1 Å². The lowest BCUT2D eigenvalue weighted by atomic mass is 10.0. The van der Waals surface area contributed by atoms with Gasteiger partial charge in [0, 0.05) is 46.3 Å². The molecule has 0 radical (unpaired) electrons. The number of thioether (sulfide) groups is 1. The van der Waals surface area contributed by atoms with Gasteiger partial charge in [0.15, 0.2) is 0 Å². The molecule has 0 aliphatic rings. The molecular weight excluding hydrogens is 452 g/mol. The minimum Gasteiger partial charge on any atom is -0.352 e. The Labute approximate surface area is 192 Å². The van der Waals surface area contributed by atoms with Crippen LogP contribution < -0.4 is 21.9 Å². The number of benzene rings is 2. The van der Waals surface area contributed by atoms with Crippen molar-refractivity contribution in [2.75, 3.05) is 12.3 Å². The number of rotatable bonds is 8. The number of halogens is 1. The summed E-state index contributed by atoms with van der Waals surface area (Å²) in [7, 11) is 0. The molecule has 0 saturated carbocycles. The van der Waals surface area contributed by atoms with Crippen molar-refractivity contribution in [3.63, 3.8) is 0 Å². The number of pyridine rings is 1. The molecule has 0 spiro atoms. The smallest absolute Gasteiger partial charge is 0.312 e. The molecule has 10 heteroatoms. The Morgan fingerprint density at radius 2 is 1.81 bits per heavy atom. The summed E-state index contributed by atoms with van der Waals surface area (Å²) in [4.78, 5) is 51.4. The first-order valence-electron chi connectivity index (χ1n) is 9.71. The molecule has 1 atom stereocenters. The standard InChI is InChI=1S/C22H21ClN4O4S/c23-15-7-5-13(6-8-15)20(29)27-18(21(30)32-10-9-25-22(24)31)11-14-12-19(28)26-17-4-2-1-3-16(14)17/h1-8,12,18H,9-11H2,(H,26,28)(H,27,29)(H3,24,25,31). The van der Waals surface area contributed by atoms with Crippen molar-refractivity contribution in [3.8, 4) is 0 Å². The molecule has 2 aromatic carbocycles. The third-order valence-electron chi connectivity index (χ3n) is 4.60. The summed E-state index contributed by atoms with van der Waals surface area (Å²) in [5.41, 5.74) is 6.36. The lowest BCUT2D eigenvalue weighted by molar-refractivity contribution is -0.112. The molecule has 0 aliphatic heterocycles. The zero-order chi connectivity index (χ0) is 23.1. The van der Waals surface area contributed by atoms with E-state index >= 15 is 0 Å². The maximum Gasteiger partial charge on any atom is 0.312 e. The van der Waals surface area contributed by atoms with Crippen molar-refractivity contribution >= 4 is 51.3 Å². The highest BCUT2D eigenvalue weighted by molar-refractivity contribution is 8.13.